The van der Waals surface area contributed by atoms with Gasteiger partial charge in [-0.2, -0.15) is 0 Å². The number of nitrogens with zero attached hydrogens (tertiary/aromatic N) is 5. The molecule has 2 aromatic heterocycles. The monoisotopic (exact) mass is 453 g/mol. The van der Waals surface area contributed by atoms with E-state index < -0.39 is 22.8 Å². The predicted octanol–water partition coefficient (Wildman–Crippen LogP) is 1.83. The predicted molar refractivity (Wildman–Crippen MR) is 119 cm³/mol. The van der Waals surface area contributed by atoms with Gasteiger partial charge in [0.15, 0.2) is 17.3 Å². The molecule has 33 heavy (non-hydrogen) atoms. The van der Waals surface area contributed by atoms with E-state index in [4.69, 9.17) is 9.47 Å². The van der Waals surface area contributed by atoms with Crippen LogP contribution in [0.5, 0.6) is 11.5 Å². The molecule has 1 saturated heterocycles. The van der Waals surface area contributed by atoms with E-state index in [1.165, 1.54) is 10.8 Å². The van der Waals surface area contributed by atoms with Gasteiger partial charge in [0.05, 0.1) is 30.6 Å². The van der Waals surface area contributed by atoms with Crippen molar-refractivity contribution in [3.63, 3.8) is 0 Å². The van der Waals surface area contributed by atoms with Crippen molar-refractivity contribution in [3.8, 4) is 11.5 Å². The minimum Gasteiger partial charge on any atom is -0.494 e. The van der Waals surface area contributed by atoms with Gasteiger partial charge in [-0.1, -0.05) is 6.58 Å². The molecule has 4 heterocycles. The first-order valence-corrected chi connectivity index (χ1v) is 10.2. The van der Waals surface area contributed by atoms with Gasteiger partial charge in [-0.25, -0.2) is 19.2 Å². The van der Waals surface area contributed by atoms with Crippen LogP contribution < -0.4 is 24.7 Å². The fraction of sp³-hybridized carbons (Fsp3) is 0.273. The van der Waals surface area contributed by atoms with E-state index in [1.807, 2.05) is 9.80 Å². The fourth-order valence-corrected chi connectivity index (χ4v) is 4.18. The number of ether oxygens (including phenoxy) is 2. The summed E-state index contributed by atoms with van der Waals surface area (Å²) in [6.07, 6.45) is 4.41. The number of hydrogen-bond acceptors (Lipinski definition) is 8. The third-order valence-corrected chi connectivity index (χ3v) is 5.85. The van der Waals surface area contributed by atoms with Gasteiger partial charge in [0.1, 0.15) is 23.4 Å². The minimum atomic E-state index is -1.38. The summed E-state index contributed by atoms with van der Waals surface area (Å²) in [5, 5.41) is 9.34. The number of methoxy groups -OCH3 is 1. The minimum absolute atomic E-state index is 0.0418. The summed E-state index contributed by atoms with van der Waals surface area (Å²) in [4.78, 5) is 36.7. The summed E-state index contributed by atoms with van der Waals surface area (Å²) >= 11 is 0. The third kappa shape index (κ3) is 3.32. The van der Waals surface area contributed by atoms with Crippen molar-refractivity contribution in [1.82, 2.24) is 14.5 Å². The molecule has 3 aromatic rings. The van der Waals surface area contributed by atoms with Crippen LogP contribution in [0.25, 0.3) is 16.6 Å². The van der Waals surface area contributed by atoms with Crippen LogP contribution in [-0.4, -0.2) is 65.5 Å². The van der Waals surface area contributed by atoms with E-state index in [0.29, 0.717) is 49.1 Å². The van der Waals surface area contributed by atoms with Crippen LogP contribution in [0.2, 0.25) is 0 Å². The van der Waals surface area contributed by atoms with Gasteiger partial charge in [-0.3, -0.25) is 4.79 Å². The second kappa shape index (κ2) is 7.76. The Morgan fingerprint density at radius 3 is 2.52 bits per heavy atom. The Labute approximate surface area is 187 Å². The molecule has 0 radical (unpaired) electrons. The van der Waals surface area contributed by atoms with Crippen molar-refractivity contribution < 1.29 is 23.8 Å². The molecule has 0 bridgehead atoms. The Balaban J connectivity index is 1.53. The highest BCUT2D eigenvalue weighted by Crippen LogP contribution is 2.41. The van der Waals surface area contributed by atoms with Crippen molar-refractivity contribution >= 4 is 34.2 Å². The summed E-state index contributed by atoms with van der Waals surface area (Å²) in [6.45, 7) is 5.95. The summed E-state index contributed by atoms with van der Waals surface area (Å²) in [5.41, 5.74) is -0.203. The lowest BCUT2D eigenvalue weighted by atomic mass is 10.1. The molecule has 170 valence electrons. The quantitative estimate of drug-likeness (QED) is 0.633. The van der Waals surface area contributed by atoms with E-state index >= 15 is 4.39 Å². The normalized spacial score (nSPS) is 15.5. The Kier molecular flexibility index (Phi) is 4.88. The number of rotatable bonds is 4. The third-order valence-electron chi connectivity index (χ3n) is 5.85. The second-order valence-corrected chi connectivity index (χ2v) is 7.73. The van der Waals surface area contributed by atoms with Crippen LogP contribution in [0.15, 0.2) is 36.0 Å². The topological polar surface area (TPSA) is 110 Å². The van der Waals surface area contributed by atoms with Crippen molar-refractivity contribution in [2.75, 3.05) is 49.7 Å². The second-order valence-electron chi connectivity index (χ2n) is 7.73. The molecule has 0 spiro atoms. The van der Waals surface area contributed by atoms with Gasteiger partial charge in [-0.05, 0) is 6.07 Å². The molecule has 10 nitrogen and oxygen atoms in total. The van der Waals surface area contributed by atoms with Crippen LogP contribution in [0, 0.1) is 5.82 Å². The van der Waals surface area contributed by atoms with Gasteiger partial charge < -0.3 is 28.9 Å². The lowest BCUT2D eigenvalue weighted by molar-refractivity contribution is 0.0695. The Hall–Kier alpha value is -4.15. The van der Waals surface area contributed by atoms with Crippen LogP contribution in [0.1, 0.15) is 10.4 Å². The first-order chi connectivity index (χ1) is 15.9. The van der Waals surface area contributed by atoms with Crippen molar-refractivity contribution in [2.45, 2.75) is 0 Å². The zero-order chi connectivity index (χ0) is 23.3. The molecule has 0 atom stereocenters. The Morgan fingerprint density at radius 1 is 1.21 bits per heavy atom. The number of halogens is 1. The number of pyridine rings is 1. The standard InChI is InChI=1S/C22H20FN5O5/c1-12-11-33-20-17-14(19(29)15(21(30)31)10-28(12)17)7-16(23)18(20)26-3-5-27(6-4-26)22-24-8-13(32-2)9-25-22/h7-10H,1,3-6,11H2,2H3,(H,30,31). The number of piperazine rings is 1. The molecule has 11 heteroatoms. The molecule has 1 fully saturated rings. The highest BCUT2D eigenvalue weighted by Gasteiger charge is 2.30. The average molecular weight is 453 g/mol. The molecule has 0 aliphatic carbocycles. The number of carboxylic acids is 1. The molecular weight excluding hydrogens is 433 g/mol. The smallest absolute Gasteiger partial charge is 0.341 e. The van der Waals surface area contributed by atoms with E-state index in [9.17, 15) is 14.7 Å². The molecule has 0 amide bonds. The molecular formula is C22H20FN5O5. The van der Waals surface area contributed by atoms with Crippen molar-refractivity contribution in [2.24, 2.45) is 0 Å². The summed E-state index contributed by atoms with van der Waals surface area (Å²) in [5.74, 6) is -0.706. The Morgan fingerprint density at radius 2 is 1.88 bits per heavy atom. The fourth-order valence-electron chi connectivity index (χ4n) is 4.18. The van der Waals surface area contributed by atoms with Crippen LogP contribution in [0.3, 0.4) is 0 Å². The SMILES string of the molecule is C=C1COc2c(N3CCN(c4ncc(OC)cn4)CC3)c(F)cc3c(=O)c(C(=O)O)cn1c23. The van der Waals surface area contributed by atoms with Crippen LogP contribution >= 0.6 is 0 Å². The number of aromatic nitrogens is 3. The zero-order valence-corrected chi connectivity index (χ0v) is 17.7. The summed E-state index contributed by atoms with van der Waals surface area (Å²) < 4.78 is 27.7. The molecule has 2 aliphatic heterocycles. The average Bonchev–Trinajstić information content (AvgIpc) is 2.82. The first kappa shape index (κ1) is 20.7. The molecule has 0 saturated carbocycles. The largest absolute Gasteiger partial charge is 0.494 e. The summed E-state index contributed by atoms with van der Waals surface area (Å²) in [7, 11) is 1.54. The number of aromatic carboxylic acids is 1. The number of anilines is 2. The van der Waals surface area contributed by atoms with E-state index in [1.54, 1.807) is 19.5 Å². The maximum Gasteiger partial charge on any atom is 0.341 e. The van der Waals surface area contributed by atoms with Gasteiger partial charge in [0, 0.05) is 32.4 Å². The highest BCUT2D eigenvalue weighted by molar-refractivity contribution is 5.99. The maximum absolute atomic E-state index is 15.3. The summed E-state index contributed by atoms with van der Waals surface area (Å²) in [6, 6.07) is 1.08. The molecule has 1 aromatic carbocycles. The molecule has 1 N–H and O–H groups in total. The number of hydrogen-bond donors (Lipinski definition) is 1. The number of carbonyl (C=O) groups is 1. The van der Waals surface area contributed by atoms with Gasteiger partial charge in [-0.15, -0.1) is 0 Å². The van der Waals surface area contributed by atoms with E-state index in [0.717, 1.165) is 6.07 Å². The van der Waals surface area contributed by atoms with Gasteiger partial charge >= 0.3 is 5.97 Å². The highest BCUT2D eigenvalue weighted by atomic mass is 19.1. The van der Waals surface area contributed by atoms with E-state index in [2.05, 4.69) is 16.5 Å². The Bertz CT molecular complexity index is 1350. The van der Waals surface area contributed by atoms with E-state index in [-0.39, 0.29) is 23.4 Å². The van der Waals surface area contributed by atoms with Crippen LogP contribution in [-0.2, 0) is 0 Å². The van der Waals surface area contributed by atoms with Crippen LogP contribution in [0.4, 0.5) is 16.0 Å². The lowest BCUT2D eigenvalue weighted by Gasteiger charge is -2.37. The first-order valence-electron chi connectivity index (χ1n) is 10.2. The number of benzene rings is 1. The van der Waals surface area contributed by atoms with Crippen molar-refractivity contribution in [1.29, 1.82) is 0 Å². The maximum atomic E-state index is 15.3. The molecule has 2 aliphatic rings. The van der Waals surface area contributed by atoms with Gasteiger partial charge in [0.25, 0.3) is 0 Å². The number of carboxylic acid groups (broad SMARTS) is 1. The van der Waals surface area contributed by atoms with Gasteiger partial charge in [0.2, 0.25) is 11.4 Å². The zero-order valence-electron chi connectivity index (χ0n) is 17.7. The van der Waals surface area contributed by atoms with Crippen molar-refractivity contribution in [3.05, 3.63) is 52.8 Å². The molecule has 0 unspecified atom stereocenters. The lowest BCUT2D eigenvalue weighted by Crippen LogP contribution is -2.47. The molecule has 5 rings (SSSR count).